The first-order chi connectivity index (χ1) is 10.5. The van der Waals surface area contributed by atoms with E-state index >= 15 is 0 Å². The maximum absolute atomic E-state index is 13.6. The third-order valence-corrected chi connectivity index (χ3v) is 3.63. The molecule has 0 fully saturated rings. The van der Waals surface area contributed by atoms with Crippen LogP contribution in [0.3, 0.4) is 0 Å². The molecule has 2 rings (SSSR count). The van der Waals surface area contributed by atoms with Gasteiger partial charge in [0.15, 0.2) is 5.60 Å². The first kappa shape index (κ1) is 16.1. The smallest absolute Gasteiger partial charge is 0.256 e. The summed E-state index contributed by atoms with van der Waals surface area (Å²) in [6, 6.07) is 10.3. The van der Waals surface area contributed by atoms with Crippen molar-refractivity contribution in [3.8, 4) is 0 Å². The van der Waals surface area contributed by atoms with Crippen LogP contribution in [-0.2, 0) is 16.9 Å². The molecule has 1 amide bonds. The van der Waals surface area contributed by atoms with E-state index in [9.17, 15) is 14.3 Å². The second-order valence-electron chi connectivity index (χ2n) is 5.23. The lowest BCUT2D eigenvalue weighted by atomic mass is 9.90. The van der Waals surface area contributed by atoms with Gasteiger partial charge in [-0.15, -0.1) is 0 Å². The number of nitrogens with one attached hydrogen (secondary N) is 1. The molecule has 0 bridgehead atoms. The van der Waals surface area contributed by atoms with E-state index < -0.39 is 17.5 Å². The van der Waals surface area contributed by atoms with Gasteiger partial charge in [0.05, 0.1) is 0 Å². The predicted molar refractivity (Wildman–Crippen MR) is 81.4 cm³/mol. The van der Waals surface area contributed by atoms with E-state index in [2.05, 4.69) is 10.3 Å². The van der Waals surface area contributed by atoms with E-state index in [1.54, 1.807) is 44.2 Å². The van der Waals surface area contributed by atoms with Crippen LogP contribution in [0.15, 0.2) is 42.6 Å². The second kappa shape index (κ2) is 6.66. The van der Waals surface area contributed by atoms with Crippen LogP contribution in [0.5, 0.6) is 0 Å². The van der Waals surface area contributed by atoms with E-state index in [0.29, 0.717) is 11.1 Å². The van der Waals surface area contributed by atoms with Gasteiger partial charge in [-0.1, -0.05) is 37.3 Å². The molecule has 0 aliphatic carbocycles. The Hall–Kier alpha value is -2.27. The summed E-state index contributed by atoms with van der Waals surface area (Å²) in [6.07, 6.45) is 1.64. The number of rotatable bonds is 5. The summed E-state index contributed by atoms with van der Waals surface area (Å²) in [5.74, 6) is -1.17. The van der Waals surface area contributed by atoms with Gasteiger partial charge in [-0.2, -0.15) is 4.39 Å². The van der Waals surface area contributed by atoms with Gasteiger partial charge in [0, 0.05) is 18.3 Å². The molecule has 5 heteroatoms. The fourth-order valence-electron chi connectivity index (χ4n) is 2.27. The van der Waals surface area contributed by atoms with Crippen LogP contribution in [0.1, 0.15) is 30.0 Å². The van der Waals surface area contributed by atoms with Crippen LogP contribution < -0.4 is 5.32 Å². The Kier molecular flexibility index (Phi) is 4.88. The zero-order valence-corrected chi connectivity index (χ0v) is 12.6. The number of nitrogens with zero attached hydrogens (tertiary/aromatic N) is 1. The van der Waals surface area contributed by atoms with Crippen molar-refractivity contribution >= 4 is 5.91 Å². The summed E-state index contributed by atoms with van der Waals surface area (Å²) in [5, 5.41) is 13.2. The van der Waals surface area contributed by atoms with E-state index in [4.69, 9.17) is 0 Å². The fourth-order valence-corrected chi connectivity index (χ4v) is 2.27. The molecule has 0 aliphatic heterocycles. The highest BCUT2D eigenvalue weighted by Gasteiger charge is 2.35. The predicted octanol–water partition coefficient (Wildman–Crippen LogP) is 2.44. The number of aromatic nitrogens is 1. The lowest BCUT2D eigenvalue weighted by Gasteiger charge is -2.26. The van der Waals surface area contributed by atoms with Crippen molar-refractivity contribution in [3.63, 3.8) is 0 Å². The Morgan fingerprint density at radius 3 is 2.68 bits per heavy atom. The molecular weight excluding hydrogens is 283 g/mol. The Morgan fingerprint density at radius 2 is 2.05 bits per heavy atom. The molecule has 116 valence electrons. The number of pyridine rings is 1. The molecular formula is C17H19FN2O2. The van der Waals surface area contributed by atoms with Gasteiger partial charge in [0.2, 0.25) is 5.95 Å². The van der Waals surface area contributed by atoms with E-state index in [1.165, 1.54) is 6.20 Å². The SMILES string of the molecule is CC[C@@](O)(C(=O)NCc1cc(C)cnc1F)c1ccccc1. The van der Waals surface area contributed by atoms with Crippen molar-refractivity contribution in [1.29, 1.82) is 0 Å². The van der Waals surface area contributed by atoms with Crippen molar-refractivity contribution in [2.24, 2.45) is 0 Å². The number of amides is 1. The van der Waals surface area contributed by atoms with Crippen LogP contribution in [0, 0.1) is 12.9 Å². The standard InChI is InChI=1S/C17H19FN2O2/c1-3-17(22,14-7-5-4-6-8-14)16(21)20-11-13-9-12(2)10-19-15(13)18/h4-10,22H,3,11H2,1-2H3,(H,20,21)/t17-/m0/s1. The molecule has 1 aromatic carbocycles. The highest BCUT2D eigenvalue weighted by Crippen LogP contribution is 2.25. The Balaban J connectivity index is 2.15. The number of aryl methyl sites for hydroxylation is 1. The number of halogens is 1. The molecule has 0 spiro atoms. The van der Waals surface area contributed by atoms with Gasteiger partial charge in [-0.25, -0.2) is 4.98 Å². The van der Waals surface area contributed by atoms with Gasteiger partial charge in [-0.05, 0) is 30.5 Å². The van der Waals surface area contributed by atoms with Crippen molar-refractivity contribution in [3.05, 3.63) is 65.2 Å². The molecule has 1 aromatic heterocycles. The molecule has 0 saturated carbocycles. The third-order valence-electron chi connectivity index (χ3n) is 3.63. The largest absolute Gasteiger partial charge is 0.375 e. The number of hydrogen-bond donors (Lipinski definition) is 2. The van der Waals surface area contributed by atoms with Gasteiger partial charge < -0.3 is 10.4 Å². The molecule has 1 heterocycles. The van der Waals surface area contributed by atoms with Crippen LogP contribution in [0.25, 0.3) is 0 Å². The Bertz CT molecular complexity index is 661. The number of hydrogen-bond acceptors (Lipinski definition) is 3. The van der Waals surface area contributed by atoms with Crippen LogP contribution in [0.4, 0.5) is 4.39 Å². The van der Waals surface area contributed by atoms with Crippen LogP contribution in [-0.4, -0.2) is 16.0 Å². The average Bonchev–Trinajstić information content (AvgIpc) is 2.55. The summed E-state index contributed by atoms with van der Waals surface area (Å²) in [7, 11) is 0. The van der Waals surface area contributed by atoms with Crippen LogP contribution in [0.2, 0.25) is 0 Å². The average molecular weight is 302 g/mol. The van der Waals surface area contributed by atoms with Gasteiger partial charge in [-0.3, -0.25) is 4.79 Å². The Labute approximate surface area is 129 Å². The van der Waals surface area contributed by atoms with Gasteiger partial charge in [0.1, 0.15) is 0 Å². The zero-order chi connectivity index (χ0) is 16.2. The van der Waals surface area contributed by atoms with Crippen molar-refractivity contribution < 1.29 is 14.3 Å². The quantitative estimate of drug-likeness (QED) is 0.834. The van der Waals surface area contributed by atoms with E-state index in [1.807, 2.05) is 6.07 Å². The van der Waals surface area contributed by atoms with E-state index in [-0.39, 0.29) is 13.0 Å². The maximum atomic E-state index is 13.6. The Morgan fingerprint density at radius 1 is 1.36 bits per heavy atom. The first-order valence-corrected chi connectivity index (χ1v) is 7.14. The highest BCUT2D eigenvalue weighted by atomic mass is 19.1. The van der Waals surface area contributed by atoms with Crippen molar-refractivity contribution in [1.82, 2.24) is 10.3 Å². The topological polar surface area (TPSA) is 62.2 Å². The minimum absolute atomic E-state index is 0.0194. The van der Waals surface area contributed by atoms with Crippen LogP contribution >= 0.6 is 0 Å². The number of aliphatic hydroxyl groups is 1. The highest BCUT2D eigenvalue weighted by molar-refractivity contribution is 5.86. The second-order valence-corrected chi connectivity index (χ2v) is 5.23. The third kappa shape index (κ3) is 3.31. The van der Waals surface area contributed by atoms with Gasteiger partial charge >= 0.3 is 0 Å². The lowest BCUT2D eigenvalue weighted by Crippen LogP contribution is -2.43. The number of benzene rings is 1. The molecule has 4 nitrogen and oxygen atoms in total. The number of carbonyl (C=O) groups excluding carboxylic acids is 1. The minimum Gasteiger partial charge on any atom is -0.375 e. The molecule has 1 atom stereocenters. The first-order valence-electron chi connectivity index (χ1n) is 7.14. The normalized spacial score (nSPS) is 13.5. The van der Waals surface area contributed by atoms with Crippen molar-refractivity contribution in [2.45, 2.75) is 32.4 Å². The molecule has 0 unspecified atom stereocenters. The summed E-state index contributed by atoms with van der Waals surface area (Å²) in [5.41, 5.74) is -0.0215. The summed E-state index contributed by atoms with van der Waals surface area (Å²) >= 11 is 0. The monoisotopic (exact) mass is 302 g/mol. The molecule has 0 aliphatic rings. The fraction of sp³-hybridized carbons (Fsp3) is 0.294. The van der Waals surface area contributed by atoms with Crippen molar-refractivity contribution in [2.75, 3.05) is 0 Å². The molecule has 2 N–H and O–H groups in total. The molecule has 0 saturated heterocycles. The summed E-state index contributed by atoms with van der Waals surface area (Å²) < 4.78 is 13.6. The molecule has 2 aromatic rings. The maximum Gasteiger partial charge on any atom is 0.256 e. The zero-order valence-electron chi connectivity index (χ0n) is 12.6. The lowest BCUT2D eigenvalue weighted by molar-refractivity contribution is -0.141. The summed E-state index contributed by atoms with van der Waals surface area (Å²) in [4.78, 5) is 16.0. The minimum atomic E-state index is -1.63. The van der Waals surface area contributed by atoms with E-state index in [0.717, 1.165) is 5.56 Å². The van der Waals surface area contributed by atoms with Gasteiger partial charge in [0.25, 0.3) is 5.91 Å². The molecule has 0 radical (unpaired) electrons. The number of carbonyl (C=O) groups is 1. The molecule has 22 heavy (non-hydrogen) atoms. The summed E-state index contributed by atoms with van der Waals surface area (Å²) in [6.45, 7) is 3.50.